The summed E-state index contributed by atoms with van der Waals surface area (Å²) in [5, 5.41) is 20.1. The Morgan fingerprint density at radius 1 is 0.571 bits per heavy atom. The molecule has 0 aliphatic heterocycles. The molecule has 0 radical (unpaired) electrons. The number of fused-ring (bicyclic) bond motifs is 3. The first-order valence-corrected chi connectivity index (χ1v) is 18.1. The Hall–Kier alpha value is -2.68. The molecule has 0 spiro atoms. The summed E-state index contributed by atoms with van der Waals surface area (Å²) in [5.41, 5.74) is 4.08. The summed E-state index contributed by atoms with van der Waals surface area (Å²) in [5.74, 6) is -1.94. The second-order valence-electron chi connectivity index (χ2n) is 12.7. The van der Waals surface area contributed by atoms with Crippen molar-refractivity contribution in [1.82, 2.24) is 9.80 Å². The van der Waals surface area contributed by atoms with Crippen LogP contribution in [0.4, 0.5) is 0 Å². The zero-order valence-corrected chi connectivity index (χ0v) is 31.8. The number of halogens is 2. The molecule has 0 atom stereocenters. The van der Waals surface area contributed by atoms with Crippen molar-refractivity contribution in [3.8, 4) is 22.3 Å². The van der Waals surface area contributed by atoms with E-state index in [4.69, 9.17) is 9.84 Å². The van der Waals surface area contributed by atoms with E-state index in [0.717, 1.165) is 40.9 Å². The Morgan fingerprint density at radius 3 is 1.51 bits per heavy atom. The number of benzene rings is 3. The third kappa shape index (κ3) is 13.5. The van der Waals surface area contributed by atoms with Crippen molar-refractivity contribution in [2.24, 2.45) is 0 Å². The molecule has 3 aromatic carbocycles. The predicted octanol–water partition coefficient (Wildman–Crippen LogP) is 10.3. The van der Waals surface area contributed by atoms with Gasteiger partial charge in [-0.25, -0.2) is 9.59 Å². The minimum Gasteiger partial charge on any atom is -0.478 e. The molecule has 7 nitrogen and oxygen atoms in total. The topological polar surface area (TPSA) is 90.3 Å². The van der Waals surface area contributed by atoms with Gasteiger partial charge in [0.2, 0.25) is 0 Å². The van der Waals surface area contributed by atoms with Gasteiger partial charge in [0, 0.05) is 26.3 Å². The number of carbonyl (C=O) groups is 2. The molecule has 274 valence electrons. The third-order valence-corrected chi connectivity index (χ3v) is 8.96. The van der Waals surface area contributed by atoms with Gasteiger partial charge >= 0.3 is 11.9 Å². The molecular weight excluding hydrogens is 659 g/mol. The van der Waals surface area contributed by atoms with Crippen LogP contribution in [-0.2, 0) is 4.74 Å². The first kappa shape index (κ1) is 44.3. The molecule has 1 aliphatic rings. The van der Waals surface area contributed by atoms with Gasteiger partial charge in [0.05, 0.1) is 11.1 Å². The maximum absolute atomic E-state index is 11.4. The molecule has 0 amide bonds. The number of carboxylic acids is 2. The fraction of sp³-hybridized carbons (Fsp3) is 0.550. The molecule has 4 rings (SSSR count). The van der Waals surface area contributed by atoms with Crippen molar-refractivity contribution < 1.29 is 24.5 Å². The fourth-order valence-corrected chi connectivity index (χ4v) is 6.26. The number of nitrogens with zero attached hydrogens (tertiary/aromatic N) is 2. The van der Waals surface area contributed by atoms with Crippen molar-refractivity contribution >= 4 is 47.5 Å². The van der Waals surface area contributed by atoms with Crippen LogP contribution in [-0.4, -0.2) is 84.4 Å². The molecule has 49 heavy (non-hydrogen) atoms. The Kier molecular flexibility index (Phi) is 22.1. The van der Waals surface area contributed by atoms with Gasteiger partial charge in [0.25, 0.3) is 0 Å². The van der Waals surface area contributed by atoms with Crippen LogP contribution in [0.5, 0.6) is 0 Å². The lowest BCUT2D eigenvalue weighted by Gasteiger charge is -2.22. The standard InChI is InChI=1S/C22H48N2O.C18H10O4.2ClH/c1-5-9-15-23(16-10-6-2)19-13-21-25-22-14-20-24(17-11-7-3)18-12-8-4;19-17(20)9-4-5-10-13-6-7-14(18(21)22)11-2-1-3-12(16(11)13)15(10)8-9;;/h5-22H2,1-4H3;1-8H,(H,19,20)(H,21,22);2*1H. The Balaban J connectivity index is 0.000000472. The van der Waals surface area contributed by atoms with E-state index in [1.807, 2.05) is 6.07 Å². The Labute approximate surface area is 307 Å². The lowest BCUT2D eigenvalue weighted by Crippen LogP contribution is -2.28. The highest BCUT2D eigenvalue weighted by Gasteiger charge is 2.24. The zero-order valence-electron chi connectivity index (χ0n) is 30.2. The van der Waals surface area contributed by atoms with Crippen molar-refractivity contribution in [3.05, 3.63) is 59.7 Å². The minimum atomic E-state index is -0.975. The average Bonchev–Trinajstić information content (AvgIpc) is 3.40. The van der Waals surface area contributed by atoms with Crippen LogP contribution in [0.25, 0.3) is 33.0 Å². The zero-order chi connectivity index (χ0) is 34.0. The summed E-state index contributed by atoms with van der Waals surface area (Å²) in [7, 11) is 0. The molecule has 0 unspecified atom stereocenters. The number of aromatic carboxylic acids is 2. The summed E-state index contributed by atoms with van der Waals surface area (Å²) < 4.78 is 5.90. The van der Waals surface area contributed by atoms with Gasteiger partial charge in [-0.3, -0.25) is 0 Å². The van der Waals surface area contributed by atoms with Gasteiger partial charge in [-0.05, 0) is 116 Å². The Morgan fingerprint density at radius 2 is 1.04 bits per heavy atom. The molecule has 9 heteroatoms. The molecule has 0 heterocycles. The summed E-state index contributed by atoms with van der Waals surface area (Å²) in [4.78, 5) is 27.8. The van der Waals surface area contributed by atoms with Crippen molar-refractivity contribution in [1.29, 1.82) is 0 Å². The number of carboxylic acid groups (broad SMARTS) is 2. The van der Waals surface area contributed by atoms with E-state index < -0.39 is 11.9 Å². The first-order valence-electron chi connectivity index (χ1n) is 18.1. The van der Waals surface area contributed by atoms with E-state index in [-0.39, 0.29) is 35.9 Å². The predicted molar refractivity (Wildman–Crippen MR) is 209 cm³/mol. The highest BCUT2D eigenvalue weighted by atomic mass is 35.5. The highest BCUT2D eigenvalue weighted by molar-refractivity contribution is 6.20. The summed E-state index contributed by atoms with van der Waals surface area (Å²) in [6.45, 7) is 18.5. The number of hydrogen-bond acceptors (Lipinski definition) is 5. The normalized spacial score (nSPS) is 11.1. The largest absolute Gasteiger partial charge is 0.478 e. The molecule has 0 bridgehead atoms. The smallest absolute Gasteiger partial charge is 0.336 e. The molecule has 2 N–H and O–H groups in total. The van der Waals surface area contributed by atoms with Crippen LogP contribution < -0.4 is 0 Å². The third-order valence-electron chi connectivity index (χ3n) is 8.96. The van der Waals surface area contributed by atoms with Crippen LogP contribution in [0.3, 0.4) is 0 Å². The van der Waals surface area contributed by atoms with Crippen LogP contribution in [0.15, 0.2) is 48.5 Å². The van der Waals surface area contributed by atoms with E-state index >= 15 is 0 Å². The number of rotatable bonds is 22. The van der Waals surface area contributed by atoms with Gasteiger partial charge in [-0.2, -0.15) is 0 Å². The quantitative estimate of drug-likeness (QED) is 0.0782. The summed E-state index contributed by atoms with van der Waals surface area (Å²) in [6, 6.07) is 13.9. The second-order valence-corrected chi connectivity index (χ2v) is 12.7. The molecule has 0 saturated heterocycles. The van der Waals surface area contributed by atoms with Gasteiger partial charge in [-0.1, -0.05) is 83.7 Å². The average molecular weight is 720 g/mol. The van der Waals surface area contributed by atoms with Crippen LogP contribution in [0.2, 0.25) is 0 Å². The second kappa shape index (κ2) is 24.5. The SMILES string of the molecule is CCCCN(CCCC)CCCOCCCN(CCCC)CCCC.Cl.Cl.O=C(O)c1ccc2c(c1)-c1cccc3c(C(=O)O)ccc-2c13. The number of hydrogen-bond donors (Lipinski definition) is 2. The van der Waals surface area contributed by atoms with E-state index in [1.165, 1.54) is 103 Å². The van der Waals surface area contributed by atoms with Crippen LogP contribution >= 0.6 is 24.8 Å². The van der Waals surface area contributed by atoms with Crippen molar-refractivity contribution in [2.45, 2.75) is 91.9 Å². The van der Waals surface area contributed by atoms with Crippen LogP contribution in [0.1, 0.15) is 113 Å². The van der Waals surface area contributed by atoms with Gasteiger partial charge in [0.15, 0.2) is 0 Å². The maximum Gasteiger partial charge on any atom is 0.336 e. The van der Waals surface area contributed by atoms with Crippen molar-refractivity contribution in [2.75, 3.05) is 52.5 Å². The van der Waals surface area contributed by atoms with E-state index in [2.05, 4.69) is 37.5 Å². The van der Waals surface area contributed by atoms with Crippen molar-refractivity contribution in [3.63, 3.8) is 0 Å². The molecule has 0 saturated carbocycles. The number of unbranched alkanes of at least 4 members (excludes halogenated alkanes) is 4. The maximum atomic E-state index is 11.4. The summed E-state index contributed by atoms with van der Waals surface area (Å²) in [6.07, 6.45) is 12.9. The monoisotopic (exact) mass is 718 g/mol. The molecule has 0 aromatic heterocycles. The first-order chi connectivity index (χ1) is 22.9. The molecule has 0 fully saturated rings. The van der Waals surface area contributed by atoms with Gasteiger partial charge in [0.1, 0.15) is 0 Å². The lowest BCUT2D eigenvalue weighted by molar-refractivity contribution is 0.0687. The fourth-order valence-electron chi connectivity index (χ4n) is 6.26. The molecule has 3 aromatic rings. The Bertz CT molecular complexity index is 1380. The molecular formula is C40H60Cl2N2O5. The minimum absolute atomic E-state index is 0. The molecule has 1 aliphatic carbocycles. The summed E-state index contributed by atoms with van der Waals surface area (Å²) >= 11 is 0. The number of ether oxygens (including phenoxy) is 1. The van der Waals surface area contributed by atoms with E-state index in [9.17, 15) is 14.7 Å². The van der Waals surface area contributed by atoms with Gasteiger partial charge < -0.3 is 24.7 Å². The van der Waals surface area contributed by atoms with E-state index in [1.54, 1.807) is 42.5 Å². The van der Waals surface area contributed by atoms with Crippen LogP contribution in [0, 0.1) is 0 Å². The lowest BCUT2D eigenvalue weighted by atomic mass is 9.99. The van der Waals surface area contributed by atoms with E-state index in [0.29, 0.717) is 5.39 Å². The van der Waals surface area contributed by atoms with Gasteiger partial charge in [-0.15, -0.1) is 24.8 Å². The highest BCUT2D eigenvalue weighted by Crippen LogP contribution is 2.48.